The van der Waals surface area contributed by atoms with Crippen LogP contribution in [0.4, 0.5) is 5.82 Å². The lowest BCUT2D eigenvalue weighted by atomic mass is 10.1. The molecule has 2 aromatic heterocycles. The molecule has 9 heteroatoms. The predicted octanol–water partition coefficient (Wildman–Crippen LogP) is 1.25. The topological polar surface area (TPSA) is 86.9 Å². The summed E-state index contributed by atoms with van der Waals surface area (Å²) in [5.41, 5.74) is 2.35. The van der Waals surface area contributed by atoms with Crippen LogP contribution in [0.25, 0.3) is 5.65 Å². The van der Waals surface area contributed by atoms with E-state index in [1.54, 1.807) is 10.8 Å². The Morgan fingerprint density at radius 1 is 0.839 bits per heavy atom. The lowest BCUT2D eigenvalue weighted by molar-refractivity contribution is -0.130. The summed E-state index contributed by atoms with van der Waals surface area (Å²) in [6.07, 6.45) is 4.10. The molecule has 2 aliphatic rings. The van der Waals surface area contributed by atoms with Gasteiger partial charge in [-0.2, -0.15) is 4.52 Å². The minimum absolute atomic E-state index is 0.0877. The van der Waals surface area contributed by atoms with Gasteiger partial charge in [-0.25, -0.2) is 0 Å². The van der Waals surface area contributed by atoms with Crippen molar-refractivity contribution in [3.63, 3.8) is 0 Å². The molecule has 31 heavy (non-hydrogen) atoms. The average Bonchev–Trinajstić information content (AvgIpc) is 3.51. The summed E-state index contributed by atoms with van der Waals surface area (Å²) in [6.45, 7) is 4.46. The highest BCUT2D eigenvalue weighted by atomic mass is 16.2. The Kier molecular flexibility index (Phi) is 5.23. The zero-order chi connectivity index (χ0) is 21.2. The second-order valence-electron chi connectivity index (χ2n) is 8.07. The molecule has 1 aromatic carbocycles. The number of benzene rings is 1. The maximum Gasteiger partial charge on any atom is 0.253 e. The number of carbonyl (C=O) groups is 2. The molecule has 0 saturated carbocycles. The normalized spacial score (nSPS) is 16.8. The Balaban J connectivity index is 1.15. The summed E-state index contributed by atoms with van der Waals surface area (Å²) in [5, 5.41) is 12.4. The van der Waals surface area contributed by atoms with E-state index in [-0.39, 0.29) is 11.8 Å². The fraction of sp³-hybridized carbons (Fsp3) is 0.409. The highest BCUT2D eigenvalue weighted by Crippen LogP contribution is 2.16. The Morgan fingerprint density at radius 3 is 2.32 bits per heavy atom. The van der Waals surface area contributed by atoms with Crippen molar-refractivity contribution in [2.45, 2.75) is 19.3 Å². The summed E-state index contributed by atoms with van der Waals surface area (Å²) < 4.78 is 1.66. The van der Waals surface area contributed by atoms with Crippen LogP contribution < -0.4 is 4.90 Å². The maximum absolute atomic E-state index is 12.8. The summed E-state index contributed by atoms with van der Waals surface area (Å²) in [4.78, 5) is 31.2. The van der Waals surface area contributed by atoms with Crippen molar-refractivity contribution < 1.29 is 9.59 Å². The van der Waals surface area contributed by atoms with Crippen LogP contribution in [-0.2, 0) is 11.2 Å². The molecule has 0 unspecified atom stereocenters. The third kappa shape index (κ3) is 4.08. The number of aromatic nitrogens is 4. The number of fused-ring (bicyclic) bond motifs is 1. The van der Waals surface area contributed by atoms with Crippen molar-refractivity contribution in [2.24, 2.45) is 0 Å². The van der Waals surface area contributed by atoms with Crippen LogP contribution in [-0.4, -0.2) is 80.7 Å². The lowest BCUT2D eigenvalue weighted by Crippen LogP contribution is -2.49. The van der Waals surface area contributed by atoms with E-state index in [9.17, 15) is 9.59 Å². The van der Waals surface area contributed by atoms with Gasteiger partial charge in [0.25, 0.3) is 5.91 Å². The zero-order valence-electron chi connectivity index (χ0n) is 17.4. The number of carbonyl (C=O) groups excluding carboxylic acids is 2. The number of piperazine rings is 1. The van der Waals surface area contributed by atoms with Gasteiger partial charge in [0.15, 0.2) is 5.65 Å². The summed E-state index contributed by atoms with van der Waals surface area (Å²) in [6, 6.07) is 11.3. The first-order valence-corrected chi connectivity index (χ1v) is 10.8. The van der Waals surface area contributed by atoms with Crippen LogP contribution in [0.2, 0.25) is 0 Å². The number of rotatable bonds is 4. The third-order valence-electron chi connectivity index (χ3n) is 6.05. The van der Waals surface area contributed by atoms with Crippen molar-refractivity contribution in [3.05, 3.63) is 53.9 Å². The van der Waals surface area contributed by atoms with E-state index >= 15 is 0 Å². The molecule has 160 valence electrons. The molecular weight excluding hydrogens is 394 g/mol. The molecule has 2 amide bonds. The molecule has 0 atom stereocenters. The van der Waals surface area contributed by atoms with Gasteiger partial charge in [0.1, 0.15) is 12.1 Å². The van der Waals surface area contributed by atoms with Crippen molar-refractivity contribution in [3.8, 4) is 0 Å². The van der Waals surface area contributed by atoms with E-state index in [2.05, 4.69) is 20.2 Å². The summed E-state index contributed by atoms with van der Waals surface area (Å²) >= 11 is 0. The number of hydrogen-bond donors (Lipinski definition) is 0. The molecule has 0 radical (unpaired) electrons. The molecule has 4 heterocycles. The SMILES string of the molecule is O=C(Cc1ccc(C(=O)N2CCCC2)cc1)N1CCN(c2ccc3nncn3n2)CC1. The van der Waals surface area contributed by atoms with E-state index in [0.29, 0.717) is 30.7 Å². The Bertz CT molecular complexity index is 1080. The monoisotopic (exact) mass is 419 g/mol. The van der Waals surface area contributed by atoms with Gasteiger partial charge in [0, 0.05) is 44.8 Å². The Hall–Kier alpha value is -3.49. The molecular formula is C22H25N7O2. The van der Waals surface area contributed by atoms with Crippen LogP contribution in [0.15, 0.2) is 42.7 Å². The molecule has 9 nitrogen and oxygen atoms in total. The van der Waals surface area contributed by atoms with Gasteiger partial charge in [-0.3, -0.25) is 9.59 Å². The van der Waals surface area contributed by atoms with Crippen molar-refractivity contribution in [2.75, 3.05) is 44.2 Å². The molecule has 2 aliphatic heterocycles. The Labute approximate surface area is 180 Å². The second kappa shape index (κ2) is 8.33. The summed E-state index contributed by atoms with van der Waals surface area (Å²) in [7, 11) is 0. The van der Waals surface area contributed by atoms with Crippen LogP contribution in [0.1, 0.15) is 28.8 Å². The standard InChI is InChI=1S/C22H25N7O2/c30-21(15-17-3-5-18(6-4-17)22(31)28-9-1-2-10-28)27-13-11-26(12-14-27)20-8-7-19-24-23-16-29(19)25-20/h3-8,16H,1-2,9-15H2. The number of nitrogens with zero attached hydrogens (tertiary/aromatic N) is 7. The second-order valence-corrected chi connectivity index (χ2v) is 8.07. The number of likely N-dealkylation sites (tertiary alicyclic amines) is 1. The zero-order valence-corrected chi connectivity index (χ0v) is 17.4. The largest absolute Gasteiger partial charge is 0.352 e. The fourth-order valence-electron chi connectivity index (χ4n) is 4.23. The van der Waals surface area contributed by atoms with Gasteiger partial charge in [-0.1, -0.05) is 12.1 Å². The average molecular weight is 419 g/mol. The highest BCUT2D eigenvalue weighted by molar-refractivity contribution is 5.94. The number of hydrogen-bond acceptors (Lipinski definition) is 6. The van der Waals surface area contributed by atoms with E-state index in [1.165, 1.54) is 0 Å². The van der Waals surface area contributed by atoms with E-state index in [1.807, 2.05) is 46.2 Å². The number of amides is 2. The first kappa shape index (κ1) is 19.5. The first-order chi connectivity index (χ1) is 15.2. The van der Waals surface area contributed by atoms with Crippen molar-refractivity contribution in [1.82, 2.24) is 29.6 Å². The Morgan fingerprint density at radius 2 is 1.58 bits per heavy atom. The fourth-order valence-corrected chi connectivity index (χ4v) is 4.23. The quantitative estimate of drug-likeness (QED) is 0.633. The first-order valence-electron chi connectivity index (χ1n) is 10.8. The molecule has 2 fully saturated rings. The van der Waals surface area contributed by atoms with Gasteiger partial charge in [0.05, 0.1) is 6.42 Å². The van der Waals surface area contributed by atoms with Gasteiger partial charge < -0.3 is 14.7 Å². The van der Waals surface area contributed by atoms with E-state index in [4.69, 9.17) is 0 Å². The van der Waals surface area contributed by atoms with Gasteiger partial charge in [-0.05, 0) is 42.7 Å². The lowest BCUT2D eigenvalue weighted by Gasteiger charge is -2.35. The molecule has 2 saturated heterocycles. The molecule has 0 bridgehead atoms. The van der Waals surface area contributed by atoms with E-state index < -0.39 is 0 Å². The van der Waals surface area contributed by atoms with Crippen molar-refractivity contribution >= 4 is 23.3 Å². The van der Waals surface area contributed by atoms with Crippen molar-refractivity contribution in [1.29, 1.82) is 0 Å². The molecule has 5 rings (SSSR count). The van der Waals surface area contributed by atoms with Gasteiger partial charge >= 0.3 is 0 Å². The predicted molar refractivity (Wildman–Crippen MR) is 115 cm³/mol. The minimum atomic E-state index is 0.0877. The maximum atomic E-state index is 12.8. The van der Waals surface area contributed by atoms with Crippen LogP contribution in [0, 0.1) is 0 Å². The molecule has 0 spiro atoms. The minimum Gasteiger partial charge on any atom is -0.352 e. The molecule has 3 aromatic rings. The van der Waals surface area contributed by atoms with Gasteiger partial charge in [-0.15, -0.1) is 15.3 Å². The highest BCUT2D eigenvalue weighted by Gasteiger charge is 2.23. The smallest absolute Gasteiger partial charge is 0.253 e. The molecule has 0 N–H and O–H groups in total. The van der Waals surface area contributed by atoms with Crippen LogP contribution in [0.5, 0.6) is 0 Å². The van der Waals surface area contributed by atoms with E-state index in [0.717, 1.165) is 50.4 Å². The van der Waals surface area contributed by atoms with Crippen LogP contribution in [0.3, 0.4) is 0 Å². The van der Waals surface area contributed by atoms with Crippen LogP contribution >= 0.6 is 0 Å². The summed E-state index contributed by atoms with van der Waals surface area (Å²) in [5.74, 6) is 1.06. The third-order valence-corrected chi connectivity index (χ3v) is 6.05. The number of anilines is 1. The van der Waals surface area contributed by atoms with Gasteiger partial charge in [0.2, 0.25) is 5.91 Å². The molecule has 0 aliphatic carbocycles.